The third-order valence-electron chi connectivity index (χ3n) is 2.86. The van der Waals surface area contributed by atoms with E-state index in [9.17, 15) is 12.8 Å². The average Bonchev–Trinajstić information content (AvgIpc) is 2.43. The van der Waals surface area contributed by atoms with E-state index in [4.69, 9.17) is 4.74 Å². The molecular weight excluding hydrogens is 361 g/mol. The van der Waals surface area contributed by atoms with Crippen molar-refractivity contribution in [2.75, 3.05) is 11.8 Å². The molecule has 0 atom stereocenters. The highest BCUT2D eigenvalue weighted by Crippen LogP contribution is 2.26. The molecule has 0 aliphatic rings. The molecule has 0 aliphatic carbocycles. The number of ether oxygens (including phenoxy) is 1. The quantitative estimate of drug-likeness (QED) is 0.888. The summed E-state index contributed by atoms with van der Waals surface area (Å²) in [5, 5.41) is 0. The number of hydrogen-bond acceptors (Lipinski definition) is 3. The summed E-state index contributed by atoms with van der Waals surface area (Å²) in [6, 6.07) is 8.72. The Morgan fingerprint density at radius 3 is 2.57 bits per heavy atom. The molecule has 0 radical (unpaired) electrons. The molecule has 4 nitrogen and oxygen atoms in total. The standard InChI is InChI=1S/C14H13BrFNO3S/c1-9-3-4-10(15)7-14(9)21(18,19)17-13-8-11(20-2)5-6-12(13)16/h3-8,17H,1-2H3. The highest BCUT2D eigenvalue weighted by atomic mass is 79.9. The van der Waals surface area contributed by atoms with Gasteiger partial charge in [-0.2, -0.15) is 0 Å². The SMILES string of the molecule is COc1ccc(F)c(NS(=O)(=O)c2cc(Br)ccc2C)c1. The van der Waals surface area contributed by atoms with Crippen molar-refractivity contribution in [1.82, 2.24) is 0 Å². The number of aryl methyl sites for hydroxylation is 1. The van der Waals surface area contributed by atoms with Crippen molar-refractivity contribution < 1.29 is 17.5 Å². The van der Waals surface area contributed by atoms with Gasteiger partial charge in [-0.3, -0.25) is 4.72 Å². The molecule has 0 unspecified atom stereocenters. The third kappa shape index (κ3) is 3.54. The van der Waals surface area contributed by atoms with Crippen molar-refractivity contribution >= 4 is 31.6 Å². The Labute approximate surface area is 131 Å². The van der Waals surface area contributed by atoms with Crippen LogP contribution in [0.1, 0.15) is 5.56 Å². The van der Waals surface area contributed by atoms with Gasteiger partial charge in [0.25, 0.3) is 10.0 Å². The maximum absolute atomic E-state index is 13.7. The van der Waals surface area contributed by atoms with E-state index in [0.29, 0.717) is 15.8 Å². The Hall–Kier alpha value is -1.60. The Bertz CT molecular complexity index is 778. The van der Waals surface area contributed by atoms with E-state index in [1.54, 1.807) is 19.1 Å². The predicted molar refractivity (Wildman–Crippen MR) is 82.6 cm³/mol. The number of nitrogens with one attached hydrogen (secondary N) is 1. The zero-order valence-corrected chi connectivity index (χ0v) is 13.8. The highest BCUT2D eigenvalue weighted by Gasteiger charge is 2.19. The smallest absolute Gasteiger partial charge is 0.262 e. The van der Waals surface area contributed by atoms with Crippen molar-refractivity contribution in [2.45, 2.75) is 11.8 Å². The van der Waals surface area contributed by atoms with Crippen LogP contribution in [0.3, 0.4) is 0 Å². The van der Waals surface area contributed by atoms with Crippen LogP contribution in [-0.2, 0) is 10.0 Å². The summed E-state index contributed by atoms with van der Waals surface area (Å²) in [7, 11) is -2.47. The molecule has 0 saturated heterocycles. The summed E-state index contributed by atoms with van der Waals surface area (Å²) in [6.07, 6.45) is 0. The number of halogens is 2. The molecule has 0 aliphatic heterocycles. The van der Waals surface area contributed by atoms with Crippen molar-refractivity contribution in [3.8, 4) is 5.75 Å². The molecule has 0 amide bonds. The monoisotopic (exact) mass is 373 g/mol. The number of rotatable bonds is 4. The van der Waals surface area contributed by atoms with E-state index in [1.165, 1.54) is 25.3 Å². The van der Waals surface area contributed by atoms with E-state index >= 15 is 0 Å². The summed E-state index contributed by atoms with van der Waals surface area (Å²) < 4.78 is 46.3. The topological polar surface area (TPSA) is 55.4 Å². The van der Waals surface area contributed by atoms with Crippen LogP contribution in [-0.4, -0.2) is 15.5 Å². The Morgan fingerprint density at radius 2 is 1.90 bits per heavy atom. The number of benzene rings is 2. The normalized spacial score (nSPS) is 11.2. The van der Waals surface area contributed by atoms with Crippen LogP contribution in [0, 0.1) is 12.7 Å². The lowest BCUT2D eigenvalue weighted by Crippen LogP contribution is -2.15. The number of anilines is 1. The van der Waals surface area contributed by atoms with Gasteiger partial charge in [0.2, 0.25) is 0 Å². The molecule has 0 spiro atoms. The molecule has 2 rings (SSSR count). The minimum Gasteiger partial charge on any atom is -0.497 e. The molecule has 0 aromatic heterocycles. The van der Waals surface area contributed by atoms with Crippen molar-refractivity contribution in [1.29, 1.82) is 0 Å². The summed E-state index contributed by atoms with van der Waals surface area (Å²) >= 11 is 3.23. The van der Waals surface area contributed by atoms with Crippen molar-refractivity contribution in [3.05, 3.63) is 52.3 Å². The molecule has 0 heterocycles. The van der Waals surface area contributed by atoms with Crippen LogP contribution < -0.4 is 9.46 Å². The van der Waals surface area contributed by atoms with Gasteiger partial charge in [0.1, 0.15) is 11.6 Å². The lowest BCUT2D eigenvalue weighted by molar-refractivity contribution is 0.414. The lowest BCUT2D eigenvalue weighted by Gasteiger charge is -2.12. The third-order valence-corrected chi connectivity index (χ3v) is 4.86. The fourth-order valence-electron chi connectivity index (χ4n) is 1.77. The van der Waals surface area contributed by atoms with E-state index in [-0.39, 0.29) is 10.6 Å². The first kappa shape index (κ1) is 15.8. The second-order valence-electron chi connectivity index (χ2n) is 4.36. The second-order valence-corrected chi connectivity index (χ2v) is 6.93. The molecular formula is C14H13BrFNO3S. The van der Waals surface area contributed by atoms with Crippen LogP contribution in [0.2, 0.25) is 0 Å². The molecule has 0 bridgehead atoms. The second kappa shape index (κ2) is 6.03. The van der Waals surface area contributed by atoms with Crippen molar-refractivity contribution in [2.24, 2.45) is 0 Å². The summed E-state index contributed by atoms with van der Waals surface area (Å²) in [5.74, 6) is -0.313. The first-order chi connectivity index (χ1) is 9.83. The molecule has 1 N–H and O–H groups in total. The van der Waals surface area contributed by atoms with Crippen LogP contribution in [0.5, 0.6) is 5.75 Å². The molecule has 112 valence electrons. The fraction of sp³-hybridized carbons (Fsp3) is 0.143. The summed E-state index contributed by atoms with van der Waals surface area (Å²) in [6.45, 7) is 1.67. The largest absolute Gasteiger partial charge is 0.497 e. The van der Waals surface area contributed by atoms with Crippen LogP contribution in [0.15, 0.2) is 45.8 Å². The Kier molecular flexibility index (Phi) is 4.53. The van der Waals surface area contributed by atoms with Gasteiger partial charge in [0.15, 0.2) is 0 Å². The zero-order valence-electron chi connectivity index (χ0n) is 11.4. The van der Waals surface area contributed by atoms with Gasteiger partial charge < -0.3 is 4.74 Å². The van der Waals surface area contributed by atoms with Gasteiger partial charge in [-0.15, -0.1) is 0 Å². The minimum atomic E-state index is -3.89. The molecule has 0 saturated carbocycles. The highest BCUT2D eigenvalue weighted by molar-refractivity contribution is 9.10. The van der Waals surface area contributed by atoms with Gasteiger partial charge in [-0.1, -0.05) is 22.0 Å². The Balaban J connectivity index is 2.44. The molecule has 7 heteroatoms. The van der Waals surface area contributed by atoms with E-state index < -0.39 is 15.8 Å². The van der Waals surface area contributed by atoms with Crippen LogP contribution in [0.25, 0.3) is 0 Å². The first-order valence-corrected chi connectivity index (χ1v) is 8.23. The van der Waals surface area contributed by atoms with Crippen LogP contribution in [0.4, 0.5) is 10.1 Å². The fourth-order valence-corrected chi connectivity index (χ4v) is 3.62. The van der Waals surface area contributed by atoms with Crippen molar-refractivity contribution in [3.63, 3.8) is 0 Å². The minimum absolute atomic E-state index is 0.0825. The summed E-state index contributed by atoms with van der Waals surface area (Å²) in [5.41, 5.74) is 0.405. The first-order valence-electron chi connectivity index (χ1n) is 5.96. The number of methoxy groups -OCH3 is 1. The zero-order chi connectivity index (χ0) is 15.6. The van der Waals surface area contributed by atoms with E-state index in [0.717, 1.165) is 6.07 Å². The number of hydrogen-bond donors (Lipinski definition) is 1. The number of sulfonamides is 1. The van der Waals surface area contributed by atoms with Gasteiger partial charge in [-0.25, -0.2) is 12.8 Å². The average molecular weight is 374 g/mol. The maximum atomic E-state index is 13.7. The molecule has 2 aromatic carbocycles. The van der Waals surface area contributed by atoms with E-state index in [2.05, 4.69) is 20.7 Å². The van der Waals surface area contributed by atoms with Crippen LogP contribution >= 0.6 is 15.9 Å². The van der Waals surface area contributed by atoms with Gasteiger partial charge in [0, 0.05) is 10.5 Å². The van der Waals surface area contributed by atoms with Gasteiger partial charge in [0.05, 0.1) is 17.7 Å². The van der Waals surface area contributed by atoms with Gasteiger partial charge in [-0.05, 0) is 36.8 Å². The molecule has 2 aromatic rings. The lowest BCUT2D eigenvalue weighted by atomic mass is 10.2. The summed E-state index contributed by atoms with van der Waals surface area (Å²) in [4.78, 5) is 0.0825. The maximum Gasteiger partial charge on any atom is 0.262 e. The molecule has 21 heavy (non-hydrogen) atoms. The molecule has 0 fully saturated rings. The predicted octanol–water partition coefficient (Wildman–Crippen LogP) is 3.71. The Morgan fingerprint density at radius 1 is 1.19 bits per heavy atom. The van der Waals surface area contributed by atoms with E-state index in [1.807, 2.05) is 0 Å². The van der Waals surface area contributed by atoms with Gasteiger partial charge >= 0.3 is 0 Å².